The van der Waals surface area contributed by atoms with Crippen molar-refractivity contribution in [3.05, 3.63) is 70.6 Å². The van der Waals surface area contributed by atoms with Gasteiger partial charge >= 0.3 is 11.6 Å². The smallest absolute Gasteiger partial charge is 0.336 e. The highest BCUT2D eigenvalue weighted by Crippen LogP contribution is 2.20. The second kappa shape index (κ2) is 7.95. The second-order valence-electron chi connectivity index (χ2n) is 6.27. The van der Waals surface area contributed by atoms with Crippen LogP contribution in [0.25, 0.3) is 11.0 Å². The third kappa shape index (κ3) is 4.47. The van der Waals surface area contributed by atoms with Gasteiger partial charge < -0.3 is 9.15 Å². The molecule has 3 aromatic rings. The summed E-state index contributed by atoms with van der Waals surface area (Å²) in [6.45, 7) is 3.52. The van der Waals surface area contributed by atoms with Gasteiger partial charge in [-0.3, -0.25) is 0 Å². The van der Waals surface area contributed by atoms with Crippen LogP contribution in [-0.4, -0.2) is 20.4 Å². The van der Waals surface area contributed by atoms with Gasteiger partial charge in [-0.1, -0.05) is 24.6 Å². The van der Waals surface area contributed by atoms with E-state index in [9.17, 15) is 18.0 Å². The molecule has 8 heteroatoms. The predicted molar refractivity (Wildman–Crippen MR) is 104 cm³/mol. The number of carbonyl (C=O) groups is 1. The van der Waals surface area contributed by atoms with E-state index in [1.807, 2.05) is 6.92 Å². The summed E-state index contributed by atoms with van der Waals surface area (Å²) in [7, 11) is -3.88. The highest BCUT2D eigenvalue weighted by atomic mass is 32.2. The zero-order valence-electron chi connectivity index (χ0n) is 15.3. The van der Waals surface area contributed by atoms with Gasteiger partial charge in [0.25, 0.3) is 0 Å². The highest BCUT2D eigenvalue weighted by Gasteiger charge is 2.26. The molecule has 0 fully saturated rings. The maximum absolute atomic E-state index is 12.5. The van der Waals surface area contributed by atoms with Gasteiger partial charge in [-0.25, -0.2) is 18.0 Å². The molecule has 2 aromatic carbocycles. The summed E-state index contributed by atoms with van der Waals surface area (Å²) in [5, 5.41) is 0.673. The molecule has 1 heterocycles. The molecule has 0 aliphatic carbocycles. The van der Waals surface area contributed by atoms with Crippen molar-refractivity contribution in [2.24, 2.45) is 0 Å². The normalized spacial score (nSPS) is 12.6. The van der Waals surface area contributed by atoms with Gasteiger partial charge in [0.1, 0.15) is 17.4 Å². The van der Waals surface area contributed by atoms with Gasteiger partial charge in [0.15, 0.2) is 0 Å². The summed E-state index contributed by atoms with van der Waals surface area (Å²) in [5.41, 5.74) is 0.674. The summed E-state index contributed by atoms with van der Waals surface area (Å²) < 4.78 is 37.7. The Hall–Kier alpha value is -2.97. The molecule has 0 saturated carbocycles. The van der Waals surface area contributed by atoms with Crippen LogP contribution in [-0.2, 0) is 14.8 Å². The summed E-state index contributed by atoms with van der Waals surface area (Å²) in [4.78, 5) is 23.9. The van der Waals surface area contributed by atoms with Crippen molar-refractivity contribution in [1.82, 2.24) is 4.72 Å². The maximum Gasteiger partial charge on any atom is 0.336 e. The first kappa shape index (κ1) is 19.8. The van der Waals surface area contributed by atoms with E-state index in [0.717, 1.165) is 5.56 Å². The molecule has 28 heavy (non-hydrogen) atoms. The topological polar surface area (TPSA) is 103 Å². The van der Waals surface area contributed by atoms with Gasteiger partial charge in [-0.2, -0.15) is 4.72 Å². The maximum atomic E-state index is 12.5. The molecule has 3 rings (SSSR count). The van der Waals surface area contributed by atoms with Crippen molar-refractivity contribution in [3.63, 3.8) is 0 Å². The van der Waals surface area contributed by atoms with Crippen LogP contribution in [0.2, 0.25) is 0 Å². The second-order valence-corrected chi connectivity index (χ2v) is 7.98. The molecule has 1 unspecified atom stereocenters. The van der Waals surface area contributed by atoms with E-state index in [0.29, 0.717) is 5.39 Å². The number of fused-ring (bicyclic) bond motifs is 1. The lowest BCUT2D eigenvalue weighted by Crippen LogP contribution is -2.42. The Morgan fingerprint density at radius 2 is 1.79 bits per heavy atom. The zero-order valence-corrected chi connectivity index (χ0v) is 16.2. The van der Waals surface area contributed by atoms with Crippen LogP contribution in [0.15, 0.2) is 68.7 Å². The van der Waals surface area contributed by atoms with Crippen molar-refractivity contribution in [1.29, 1.82) is 0 Å². The van der Waals surface area contributed by atoms with Crippen LogP contribution >= 0.6 is 0 Å². The number of nitrogens with one attached hydrogen (secondary N) is 1. The Bertz CT molecular complexity index is 1170. The molecule has 7 nitrogen and oxygen atoms in total. The van der Waals surface area contributed by atoms with E-state index in [4.69, 9.17) is 9.15 Å². The molecular weight excluding hydrogens is 382 g/mol. The number of aryl methyl sites for hydroxylation is 1. The summed E-state index contributed by atoms with van der Waals surface area (Å²) in [5.74, 6) is -0.601. The van der Waals surface area contributed by atoms with Crippen molar-refractivity contribution in [3.8, 4) is 5.75 Å². The third-order valence-corrected chi connectivity index (χ3v) is 5.62. The molecule has 0 radical (unpaired) electrons. The quantitative estimate of drug-likeness (QED) is 0.387. The average molecular weight is 401 g/mol. The van der Waals surface area contributed by atoms with E-state index in [1.54, 1.807) is 37.3 Å². The van der Waals surface area contributed by atoms with Gasteiger partial charge in [-0.15, -0.1) is 0 Å². The minimum atomic E-state index is -3.88. The number of sulfonamides is 1. The number of esters is 1. The van der Waals surface area contributed by atoms with Crippen molar-refractivity contribution in [2.45, 2.75) is 31.2 Å². The number of rotatable bonds is 6. The zero-order chi connectivity index (χ0) is 20.3. The van der Waals surface area contributed by atoms with Gasteiger partial charge in [-0.05, 0) is 43.7 Å². The minimum absolute atomic E-state index is 0.0665. The molecule has 1 aromatic heterocycles. The standard InChI is InChI=1S/C20H19NO6S/c1-3-17(21-28(24,25)16-9-4-13(2)5-10-16)20(23)26-15-8-6-14-7-11-19(22)27-18(14)12-15/h4-12,17,21H,3H2,1-2H3. The van der Waals surface area contributed by atoms with Crippen LogP contribution < -0.4 is 15.1 Å². The average Bonchev–Trinajstić information content (AvgIpc) is 2.66. The van der Waals surface area contributed by atoms with Gasteiger partial charge in [0.2, 0.25) is 10.0 Å². The summed E-state index contributed by atoms with van der Waals surface area (Å²) in [6.07, 6.45) is 0.201. The van der Waals surface area contributed by atoms with Crippen molar-refractivity contribution < 1.29 is 22.4 Å². The fourth-order valence-corrected chi connectivity index (χ4v) is 3.83. The molecule has 146 valence electrons. The monoisotopic (exact) mass is 401 g/mol. The lowest BCUT2D eigenvalue weighted by molar-refractivity contribution is -0.136. The highest BCUT2D eigenvalue weighted by molar-refractivity contribution is 7.89. The van der Waals surface area contributed by atoms with E-state index < -0.39 is 27.7 Å². The molecule has 0 saturated heterocycles. The predicted octanol–water partition coefficient (Wildman–Crippen LogP) is 2.76. The Morgan fingerprint density at radius 3 is 2.46 bits per heavy atom. The van der Waals surface area contributed by atoms with Crippen LogP contribution in [0.5, 0.6) is 5.75 Å². The van der Waals surface area contributed by atoms with Gasteiger partial charge in [0, 0.05) is 17.5 Å². The first-order valence-corrected chi connectivity index (χ1v) is 10.1. The molecule has 1 atom stereocenters. The fourth-order valence-electron chi connectivity index (χ4n) is 2.56. The number of benzene rings is 2. The Kier molecular flexibility index (Phi) is 5.62. The minimum Gasteiger partial charge on any atom is -0.425 e. The lowest BCUT2D eigenvalue weighted by atomic mass is 10.2. The lowest BCUT2D eigenvalue weighted by Gasteiger charge is -2.16. The van der Waals surface area contributed by atoms with Gasteiger partial charge in [0.05, 0.1) is 4.90 Å². The van der Waals surface area contributed by atoms with E-state index in [1.165, 1.54) is 24.3 Å². The molecule has 0 aliphatic heterocycles. The van der Waals surface area contributed by atoms with Crippen LogP contribution in [0, 0.1) is 6.92 Å². The van der Waals surface area contributed by atoms with Crippen LogP contribution in [0.1, 0.15) is 18.9 Å². The number of hydrogen-bond acceptors (Lipinski definition) is 6. The molecule has 0 bridgehead atoms. The largest absolute Gasteiger partial charge is 0.425 e. The third-order valence-electron chi connectivity index (χ3n) is 4.13. The number of ether oxygens (including phenoxy) is 1. The van der Waals surface area contributed by atoms with Crippen LogP contribution in [0.3, 0.4) is 0 Å². The molecule has 0 spiro atoms. The molecule has 0 amide bonds. The van der Waals surface area contributed by atoms with E-state index in [-0.39, 0.29) is 22.6 Å². The van der Waals surface area contributed by atoms with E-state index in [2.05, 4.69) is 4.72 Å². The SMILES string of the molecule is CCC(NS(=O)(=O)c1ccc(C)cc1)C(=O)Oc1ccc2ccc(=O)oc2c1. The van der Waals surface area contributed by atoms with E-state index >= 15 is 0 Å². The Balaban J connectivity index is 1.78. The summed E-state index contributed by atoms with van der Waals surface area (Å²) >= 11 is 0. The number of carbonyl (C=O) groups excluding carboxylic acids is 1. The first-order chi connectivity index (χ1) is 13.3. The first-order valence-electron chi connectivity index (χ1n) is 8.63. The fraction of sp³-hybridized carbons (Fsp3) is 0.200. The Morgan fingerprint density at radius 1 is 1.11 bits per heavy atom. The molecule has 1 N–H and O–H groups in total. The number of hydrogen-bond donors (Lipinski definition) is 1. The van der Waals surface area contributed by atoms with Crippen LogP contribution in [0.4, 0.5) is 0 Å². The van der Waals surface area contributed by atoms with Crippen molar-refractivity contribution >= 4 is 27.0 Å². The molecular formula is C20H19NO6S. The summed E-state index contributed by atoms with van der Waals surface area (Å²) in [6, 6.07) is 12.7. The molecule has 0 aliphatic rings. The van der Waals surface area contributed by atoms with Crippen molar-refractivity contribution in [2.75, 3.05) is 0 Å². The Labute approximate surface area is 162 Å².